The zero-order valence-corrected chi connectivity index (χ0v) is 15.3. The summed E-state index contributed by atoms with van der Waals surface area (Å²) < 4.78 is 5.32. The highest BCUT2D eigenvalue weighted by atomic mass is 32.2. The Hall–Kier alpha value is -2.08. The molecule has 0 saturated carbocycles. The summed E-state index contributed by atoms with van der Waals surface area (Å²) in [5.41, 5.74) is 3.31. The van der Waals surface area contributed by atoms with Crippen LogP contribution in [0, 0.1) is 6.92 Å². The monoisotopic (exact) mass is 342 g/mol. The molecule has 0 unspecified atom stereocenters. The molecule has 0 spiro atoms. The van der Waals surface area contributed by atoms with Gasteiger partial charge in [0.15, 0.2) is 11.0 Å². The molecule has 2 heterocycles. The molecule has 0 aliphatic rings. The largest absolute Gasteiger partial charge is 0.339 e. The third kappa shape index (κ3) is 4.06. The lowest BCUT2D eigenvalue weighted by atomic mass is 9.97. The minimum absolute atomic E-state index is 0.125. The van der Waals surface area contributed by atoms with Gasteiger partial charge in [-0.2, -0.15) is 4.98 Å². The van der Waals surface area contributed by atoms with Crippen LogP contribution in [0.1, 0.15) is 49.4 Å². The number of thioether (sulfide) groups is 1. The van der Waals surface area contributed by atoms with E-state index in [-0.39, 0.29) is 5.41 Å². The molecule has 0 radical (unpaired) electrons. The predicted molar refractivity (Wildman–Crippen MR) is 95.1 cm³/mol. The fourth-order valence-electron chi connectivity index (χ4n) is 2.25. The summed E-state index contributed by atoms with van der Waals surface area (Å²) >= 11 is 1.59. The molecule has 2 aromatic heterocycles. The Kier molecular flexibility index (Phi) is 4.76. The van der Waals surface area contributed by atoms with E-state index in [2.05, 4.69) is 67.1 Å². The van der Waals surface area contributed by atoms with Crippen molar-refractivity contribution in [2.75, 3.05) is 0 Å². The number of aromatic amines is 1. The van der Waals surface area contributed by atoms with Crippen molar-refractivity contribution in [1.29, 1.82) is 0 Å². The maximum Gasteiger partial charge on any atom is 0.232 e. The van der Waals surface area contributed by atoms with E-state index in [9.17, 15) is 0 Å². The molecule has 0 aliphatic carbocycles. The van der Waals surface area contributed by atoms with Gasteiger partial charge in [0.2, 0.25) is 5.89 Å². The van der Waals surface area contributed by atoms with Gasteiger partial charge in [-0.05, 0) is 12.5 Å². The van der Waals surface area contributed by atoms with Crippen LogP contribution in [0.3, 0.4) is 0 Å². The quantitative estimate of drug-likeness (QED) is 0.701. The zero-order chi connectivity index (χ0) is 17.2. The first-order chi connectivity index (χ1) is 11.4. The molecule has 0 bridgehead atoms. The maximum atomic E-state index is 5.32. The number of nitrogens with one attached hydrogen (secondary N) is 1. The molecule has 6 heteroatoms. The van der Waals surface area contributed by atoms with Crippen LogP contribution in [-0.2, 0) is 17.6 Å². The molecule has 1 aromatic carbocycles. The van der Waals surface area contributed by atoms with Crippen LogP contribution in [0.4, 0.5) is 0 Å². The lowest BCUT2D eigenvalue weighted by Gasteiger charge is -2.10. The van der Waals surface area contributed by atoms with Gasteiger partial charge in [0.05, 0.1) is 11.4 Å². The number of hydrogen-bond donors (Lipinski definition) is 1. The normalized spacial score (nSPS) is 11.8. The highest BCUT2D eigenvalue weighted by molar-refractivity contribution is 7.98. The van der Waals surface area contributed by atoms with Gasteiger partial charge in [-0.3, -0.25) is 0 Å². The molecule has 0 fully saturated rings. The number of hydrogen-bond acceptors (Lipinski definition) is 5. The lowest BCUT2D eigenvalue weighted by molar-refractivity contribution is 0.319. The van der Waals surface area contributed by atoms with Crippen molar-refractivity contribution in [2.24, 2.45) is 0 Å². The van der Waals surface area contributed by atoms with Crippen LogP contribution in [-0.4, -0.2) is 20.1 Å². The molecular weight excluding hydrogens is 320 g/mol. The van der Waals surface area contributed by atoms with E-state index < -0.39 is 0 Å². The second-order valence-electron chi connectivity index (χ2n) is 6.83. The lowest BCUT2D eigenvalue weighted by Crippen LogP contribution is -2.11. The highest BCUT2D eigenvalue weighted by Crippen LogP contribution is 2.24. The second-order valence-corrected chi connectivity index (χ2v) is 7.79. The van der Waals surface area contributed by atoms with E-state index in [4.69, 9.17) is 9.51 Å². The summed E-state index contributed by atoms with van der Waals surface area (Å²) in [5, 5.41) is 4.94. The number of aromatic nitrogens is 4. The molecule has 3 aromatic rings. The van der Waals surface area contributed by atoms with E-state index in [0.717, 1.165) is 23.0 Å². The van der Waals surface area contributed by atoms with Gasteiger partial charge in [-0.15, -0.1) is 0 Å². The highest BCUT2D eigenvalue weighted by Gasteiger charge is 2.21. The number of nitrogens with zero attached hydrogens (tertiary/aromatic N) is 3. The second kappa shape index (κ2) is 6.81. The van der Waals surface area contributed by atoms with Crippen molar-refractivity contribution < 1.29 is 4.52 Å². The summed E-state index contributed by atoms with van der Waals surface area (Å²) in [6.45, 7) is 8.23. The fraction of sp³-hybridized carbons (Fsp3) is 0.389. The van der Waals surface area contributed by atoms with Crippen molar-refractivity contribution in [3.05, 3.63) is 59.0 Å². The van der Waals surface area contributed by atoms with Crippen molar-refractivity contribution in [1.82, 2.24) is 20.1 Å². The van der Waals surface area contributed by atoms with Crippen molar-refractivity contribution in [2.45, 2.75) is 50.4 Å². The van der Waals surface area contributed by atoms with Gasteiger partial charge in [-0.25, -0.2) is 4.98 Å². The molecule has 1 N–H and O–H groups in total. The average molecular weight is 342 g/mol. The molecule has 0 aliphatic heterocycles. The maximum absolute atomic E-state index is 5.32. The summed E-state index contributed by atoms with van der Waals surface area (Å²) in [6.07, 6.45) is 0.833. The van der Waals surface area contributed by atoms with Crippen LogP contribution in [0.5, 0.6) is 0 Å². The standard InChI is InChI=1S/C18H22N4OS/c1-12-14(10-13-8-6-5-7-9-13)20-17(19-12)24-11-15-21-16(23-22-15)18(2,3)4/h5-9H,10-11H2,1-4H3,(H,19,20). The van der Waals surface area contributed by atoms with Crippen molar-refractivity contribution in [3.8, 4) is 0 Å². The predicted octanol–water partition coefficient (Wildman–Crippen LogP) is 4.28. The van der Waals surface area contributed by atoms with Gasteiger partial charge < -0.3 is 9.51 Å². The Balaban J connectivity index is 1.64. The molecule has 5 nitrogen and oxygen atoms in total. The van der Waals surface area contributed by atoms with Crippen LogP contribution in [0.2, 0.25) is 0 Å². The molecular formula is C18H22N4OS. The Morgan fingerprint density at radius 2 is 1.88 bits per heavy atom. The average Bonchev–Trinajstić information content (AvgIpc) is 3.13. The summed E-state index contributed by atoms with van der Waals surface area (Å²) in [4.78, 5) is 12.5. The molecule has 0 atom stereocenters. The van der Waals surface area contributed by atoms with E-state index in [1.165, 1.54) is 5.56 Å². The molecule has 24 heavy (non-hydrogen) atoms. The first kappa shape index (κ1) is 16.8. The number of benzene rings is 1. The van der Waals surface area contributed by atoms with Crippen LogP contribution in [0.25, 0.3) is 0 Å². The topological polar surface area (TPSA) is 67.6 Å². The summed E-state index contributed by atoms with van der Waals surface area (Å²) in [5.74, 6) is 2.00. The Labute approximate surface area is 146 Å². The first-order valence-electron chi connectivity index (χ1n) is 7.97. The van der Waals surface area contributed by atoms with E-state index in [0.29, 0.717) is 17.5 Å². The SMILES string of the molecule is Cc1[nH]c(SCc2noc(C(C)(C)C)n2)nc1Cc1ccccc1. The third-order valence-corrected chi connectivity index (χ3v) is 4.50. The van der Waals surface area contributed by atoms with Crippen LogP contribution in [0.15, 0.2) is 40.0 Å². The third-order valence-electron chi connectivity index (χ3n) is 3.63. The van der Waals surface area contributed by atoms with Gasteiger partial charge in [0, 0.05) is 17.5 Å². The fourth-order valence-corrected chi connectivity index (χ4v) is 3.03. The Bertz CT molecular complexity index is 802. The van der Waals surface area contributed by atoms with E-state index >= 15 is 0 Å². The number of imidazole rings is 1. The van der Waals surface area contributed by atoms with Crippen molar-refractivity contribution in [3.63, 3.8) is 0 Å². The summed E-state index contributed by atoms with van der Waals surface area (Å²) in [7, 11) is 0. The van der Waals surface area contributed by atoms with Gasteiger partial charge >= 0.3 is 0 Å². The van der Waals surface area contributed by atoms with Crippen LogP contribution >= 0.6 is 11.8 Å². The Morgan fingerprint density at radius 1 is 1.12 bits per heavy atom. The smallest absolute Gasteiger partial charge is 0.232 e. The zero-order valence-electron chi connectivity index (χ0n) is 14.5. The number of H-pyrrole nitrogens is 1. The van der Waals surface area contributed by atoms with Crippen molar-refractivity contribution >= 4 is 11.8 Å². The minimum Gasteiger partial charge on any atom is -0.339 e. The molecule has 126 valence electrons. The first-order valence-corrected chi connectivity index (χ1v) is 8.95. The van der Waals surface area contributed by atoms with Gasteiger partial charge in [-0.1, -0.05) is 68.0 Å². The Morgan fingerprint density at radius 3 is 2.54 bits per heavy atom. The molecule has 0 amide bonds. The number of rotatable bonds is 5. The van der Waals surface area contributed by atoms with Gasteiger partial charge in [0.25, 0.3) is 0 Å². The summed E-state index contributed by atoms with van der Waals surface area (Å²) in [6, 6.07) is 10.4. The van der Waals surface area contributed by atoms with Crippen LogP contribution < -0.4 is 0 Å². The molecule has 0 saturated heterocycles. The van der Waals surface area contributed by atoms with E-state index in [1.807, 2.05) is 6.07 Å². The molecule has 3 rings (SSSR count). The minimum atomic E-state index is -0.125. The van der Waals surface area contributed by atoms with Gasteiger partial charge in [0.1, 0.15) is 0 Å². The number of aryl methyl sites for hydroxylation is 1. The van der Waals surface area contributed by atoms with E-state index in [1.54, 1.807) is 11.8 Å².